The van der Waals surface area contributed by atoms with Crippen LogP contribution in [0.3, 0.4) is 0 Å². The van der Waals surface area contributed by atoms with Gasteiger partial charge in [0.05, 0.1) is 13.2 Å². The zero-order chi connectivity index (χ0) is 19.5. The number of hydrogen-bond donors (Lipinski definition) is 1. The fourth-order valence-electron chi connectivity index (χ4n) is 2.84. The summed E-state index contributed by atoms with van der Waals surface area (Å²) in [5, 5.41) is 14.9. The summed E-state index contributed by atoms with van der Waals surface area (Å²) >= 11 is 0. The van der Waals surface area contributed by atoms with E-state index in [-0.39, 0.29) is 5.91 Å². The van der Waals surface area contributed by atoms with Crippen LogP contribution in [0.1, 0.15) is 25.8 Å². The molecule has 8 heteroatoms. The van der Waals surface area contributed by atoms with E-state index >= 15 is 0 Å². The van der Waals surface area contributed by atoms with Crippen molar-refractivity contribution in [3.8, 4) is 22.9 Å². The number of nitrogens with one attached hydrogen (secondary N) is 1. The fraction of sp³-hybridized carbons (Fsp3) is 0.300. The van der Waals surface area contributed by atoms with Crippen LogP contribution in [0.25, 0.3) is 11.4 Å². The Hall–Kier alpha value is -3.42. The summed E-state index contributed by atoms with van der Waals surface area (Å²) in [6.07, 6.45) is 1.53. The molecular formula is C20H21N5O3. The molecule has 0 aliphatic heterocycles. The number of ether oxygens (including phenoxy) is 2. The number of hydrogen-bond acceptors (Lipinski definition) is 6. The van der Waals surface area contributed by atoms with Gasteiger partial charge in [-0.25, -0.2) is 4.68 Å². The van der Waals surface area contributed by atoms with Gasteiger partial charge < -0.3 is 14.8 Å². The number of nitrogens with zero attached hydrogens (tertiary/aromatic N) is 4. The maximum Gasteiger partial charge on any atom is 0.265 e. The molecule has 1 N–H and O–H groups in total. The van der Waals surface area contributed by atoms with Crippen LogP contribution in [0.4, 0.5) is 5.69 Å². The Morgan fingerprint density at radius 2 is 1.93 bits per heavy atom. The third-order valence-corrected chi connectivity index (χ3v) is 4.52. The van der Waals surface area contributed by atoms with Crippen molar-refractivity contribution in [3.05, 3.63) is 48.5 Å². The molecule has 144 valence electrons. The van der Waals surface area contributed by atoms with Crippen LogP contribution < -0.4 is 14.8 Å². The van der Waals surface area contributed by atoms with Gasteiger partial charge in [-0.2, -0.15) is 0 Å². The van der Waals surface area contributed by atoms with Crippen LogP contribution in [0.15, 0.2) is 48.5 Å². The second kappa shape index (κ2) is 7.67. The van der Waals surface area contributed by atoms with E-state index in [0.29, 0.717) is 23.3 Å². The van der Waals surface area contributed by atoms with E-state index in [9.17, 15) is 4.79 Å². The molecule has 1 aromatic heterocycles. The topological polar surface area (TPSA) is 91.2 Å². The van der Waals surface area contributed by atoms with E-state index in [4.69, 9.17) is 9.47 Å². The number of anilines is 1. The van der Waals surface area contributed by atoms with Crippen molar-refractivity contribution in [2.75, 3.05) is 12.4 Å². The molecule has 1 aliphatic rings. The van der Waals surface area contributed by atoms with Crippen molar-refractivity contribution < 1.29 is 14.3 Å². The molecule has 28 heavy (non-hydrogen) atoms. The number of benzene rings is 2. The first-order valence-electron chi connectivity index (χ1n) is 9.14. The molecule has 0 saturated heterocycles. The standard InChI is InChI=1S/C20H21N5O3/c1-13(28-18-10-8-17(27-2)9-11-18)20(26)21-15-5-3-4-14(12-15)19-22-23-24-25(19)16-6-7-16/h3-5,8-13,16H,6-7H2,1-2H3,(H,21,26). The summed E-state index contributed by atoms with van der Waals surface area (Å²) in [5.74, 6) is 1.80. The van der Waals surface area contributed by atoms with Crippen molar-refractivity contribution in [2.24, 2.45) is 0 Å². The molecule has 1 fully saturated rings. The van der Waals surface area contributed by atoms with Crippen LogP contribution in [-0.4, -0.2) is 39.3 Å². The highest BCUT2D eigenvalue weighted by Crippen LogP contribution is 2.36. The van der Waals surface area contributed by atoms with Crippen LogP contribution in [0, 0.1) is 0 Å². The second-order valence-corrected chi connectivity index (χ2v) is 6.68. The summed E-state index contributed by atoms with van der Waals surface area (Å²) in [5.41, 5.74) is 1.52. The first kappa shape index (κ1) is 18.0. The number of aromatic nitrogens is 4. The van der Waals surface area contributed by atoms with Gasteiger partial charge in [0.15, 0.2) is 11.9 Å². The van der Waals surface area contributed by atoms with Gasteiger partial charge in [0.25, 0.3) is 5.91 Å². The SMILES string of the molecule is COc1ccc(OC(C)C(=O)Nc2cccc(-c3nnnn3C3CC3)c2)cc1. The van der Waals surface area contributed by atoms with Gasteiger partial charge in [0, 0.05) is 11.3 Å². The van der Waals surface area contributed by atoms with Gasteiger partial charge in [-0.15, -0.1) is 5.10 Å². The molecule has 1 unspecified atom stereocenters. The monoisotopic (exact) mass is 379 g/mol. The molecule has 3 aromatic rings. The van der Waals surface area contributed by atoms with Gasteiger partial charge in [-0.3, -0.25) is 4.79 Å². The third-order valence-electron chi connectivity index (χ3n) is 4.52. The third kappa shape index (κ3) is 3.95. The maximum absolute atomic E-state index is 12.5. The van der Waals surface area contributed by atoms with Crippen molar-refractivity contribution in [1.29, 1.82) is 0 Å². The van der Waals surface area contributed by atoms with Crippen molar-refractivity contribution in [1.82, 2.24) is 20.2 Å². The molecule has 1 aliphatic carbocycles. The van der Waals surface area contributed by atoms with E-state index in [1.54, 1.807) is 38.3 Å². The minimum Gasteiger partial charge on any atom is -0.497 e. The summed E-state index contributed by atoms with van der Waals surface area (Å²) < 4.78 is 12.7. The normalized spacial score (nSPS) is 14.4. The average molecular weight is 379 g/mol. The highest BCUT2D eigenvalue weighted by Gasteiger charge is 2.28. The molecule has 2 aromatic carbocycles. The summed E-state index contributed by atoms with van der Waals surface area (Å²) in [7, 11) is 1.60. The number of carbonyl (C=O) groups excluding carboxylic acids is 1. The van der Waals surface area contributed by atoms with Crippen molar-refractivity contribution >= 4 is 11.6 Å². The minimum atomic E-state index is -0.658. The number of amides is 1. The Bertz CT molecular complexity index is 966. The number of carbonyl (C=O) groups is 1. The van der Waals surface area contributed by atoms with Gasteiger partial charge in [-0.05, 0) is 66.6 Å². The van der Waals surface area contributed by atoms with E-state index in [1.807, 2.05) is 28.9 Å². The molecule has 1 atom stereocenters. The first-order chi connectivity index (χ1) is 13.6. The number of rotatable bonds is 7. The van der Waals surface area contributed by atoms with Crippen LogP contribution in [0.2, 0.25) is 0 Å². The first-order valence-corrected chi connectivity index (χ1v) is 9.14. The Kier molecular flexibility index (Phi) is 4.92. The predicted molar refractivity (Wildman–Crippen MR) is 103 cm³/mol. The number of methoxy groups -OCH3 is 1. The van der Waals surface area contributed by atoms with E-state index in [1.165, 1.54) is 0 Å². The Labute approximate surface area is 162 Å². The zero-order valence-corrected chi connectivity index (χ0v) is 15.7. The van der Waals surface area contributed by atoms with Crippen molar-refractivity contribution in [3.63, 3.8) is 0 Å². The molecule has 0 spiro atoms. The smallest absolute Gasteiger partial charge is 0.265 e. The summed E-state index contributed by atoms with van der Waals surface area (Å²) in [4.78, 5) is 12.5. The summed E-state index contributed by atoms with van der Waals surface area (Å²) in [6.45, 7) is 1.71. The number of tetrazole rings is 1. The second-order valence-electron chi connectivity index (χ2n) is 6.68. The van der Waals surface area contributed by atoms with E-state index < -0.39 is 6.10 Å². The highest BCUT2D eigenvalue weighted by atomic mass is 16.5. The minimum absolute atomic E-state index is 0.241. The Morgan fingerprint density at radius 3 is 2.64 bits per heavy atom. The van der Waals surface area contributed by atoms with Crippen LogP contribution in [0.5, 0.6) is 11.5 Å². The van der Waals surface area contributed by atoms with Gasteiger partial charge in [0.1, 0.15) is 11.5 Å². The van der Waals surface area contributed by atoms with Crippen LogP contribution >= 0.6 is 0 Å². The summed E-state index contributed by atoms with van der Waals surface area (Å²) in [6, 6.07) is 15.0. The predicted octanol–water partition coefficient (Wildman–Crippen LogP) is 3.09. The van der Waals surface area contributed by atoms with E-state index in [2.05, 4.69) is 20.8 Å². The quantitative estimate of drug-likeness (QED) is 0.678. The van der Waals surface area contributed by atoms with Crippen molar-refractivity contribution in [2.45, 2.75) is 31.9 Å². The van der Waals surface area contributed by atoms with Crippen LogP contribution in [-0.2, 0) is 4.79 Å². The van der Waals surface area contributed by atoms with E-state index in [0.717, 1.165) is 24.2 Å². The molecule has 4 rings (SSSR count). The molecule has 1 heterocycles. The maximum atomic E-state index is 12.5. The lowest BCUT2D eigenvalue weighted by atomic mass is 10.2. The van der Waals surface area contributed by atoms with Gasteiger partial charge in [-0.1, -0.05) is 12.1 Å². The Balaban J connectivity index is 1.43. The molecule has 8 nitrogen and oxygen atoms in total. The molecule has 0 bridgehead atoms. The molecular weight excluding hydrogens is 358 g/mol. The lowest BCUT2D eigenvalue weighted by Crippen LogP contribution is -2.30. The van der Waals surface area contributed by atoms with Gasteiger partial charge >= 0.3 is 0 Å². The zero-order valence-electron chi connectivity index (χ0n) is 15.7. The van der Waals surface area contributed by atoms with Gasteiger partial charge in [0.2, 0.25) is 0 Å². The molecule has 1 saturated carbocycles. The lowest BCUT2D eigenvalue weighted by Gasteiger charge is -2.15. The Morgan fingerprint density at radius 1 is 1.18 bits per heavy atom. The lowest BCUT2D eigenvalue weighted by molar-refractivity contribution is -0.122. The largest absolute Gasteiger partial charge is 0.497 e. The highest BCUT2D eigenvalue weighted by molar-refractivity contribution is 5.94. The fourth-order valence-corrected chi connectivity index (χ4v) is 2.84. The molecule has 0 radical (unpaired) electrons. The molecule has 1 amide bonds. The average Bonchev–Trinajstić information content (AvgIpc) is 3.45.